The van der Waals surface area contributed by atoms with Gasteiger partial charge in [-0.3, -0.25) is 0 Å². The van der Waals surface area contributed by atoms with Crippen molar-refractivity contribution in [2.24, 2.45) is 11.3 Å². The normalized spacial score (nSPS) is 34.8. The van der Waals surface area contributed by atoms with Gasteiger partial charge in [-0.15, -0.1) is 0 Å². The zero-order valence-corrected chi connectivity index (χ0v) is 7.34. The summed E-state index contributed by atoms with van der Waals surface area (Å²) in [6.07, 6.45) is 14.4. The maximum Gasteiger partial charge on any atom is -0.0225 e. The second-order valence-electron chi connectivity index (χ2n) is 4.23. The van der Waals surface area contributed by atoms with Gasteiger partial charge < -0.3 is 0 Å². The highest BCUT2D eigenvalue weighted by Gasteiger charge is 2.35. The van der Waals surface area contributed by atoms with Crippen LogP contribution in [0.2, 0.25) is 0 Å². The number of hydrogen-bond acceptors (Lipinski definition) is 0. The molecule has 1 spiro atoms. The minimum atomic E-state index is 0.633. The summed E-state index contributed by atoms with van der Waals surface area (Å²) in [6.45, 7) is 2.30. The molecule has 0 saturated heterocycles. The van der Waals surface area contributed by atoms with E-state index in [-0.39, 0.29) is 0 Å². The first-order valence-corrected chi connectivity index (χ1v) is 4.83. The third kappa shape index (κ3) is 1.36. The Balaban J connectivity index is 2.09. The third-order valence-electron chi connectivity index (χ3n) is 3.18. The molecule has 0 aromatic carbocycles. The molecule has 1 fully saturated rings. The molecule has 1 atom stereocenters. The summed E-state index contributed by atoms with van der Waals surface area (Å²) in [4.78, 5) is 0. The van der Waals surface area contributed by atoms with Gasteiger partial charge in [0.25, 0.3) is 0 Å². The Morgan fingerprint density at radius 2 is 2.00 bits per heavy atom. The molecule has 0 heteroatoms. The number of hydrogen-bond donors (Lipinski definition) is 0. The van der Waals surface area contributed by atoms with Crippen molar-refractivity contribution in [2.75, 3.05) is 0 Å². The molecule has 2 aliphatic rings. The zero-order valence-electron chi connectivity index (χ0n) is 7.34. The van der Waals surface area contributed by atoms with E-state index in [0.29, 0.717) is 5.41 Å². The standard InChI is InChI=1S/C11H17/c1-10-5-4-8-11(9-10)6-2-3-7-11/h4-5,9-10H,2-3,6-8H2,1H3. The quantitative estimate of drug-likeness (QED) is 0.463. The van der Waals surface area contributed by atoms with Crippen LogP contribution in [0.1, 0.15) is 39.0 Å². The van der Waals surface area contributed by atoms with Crippen LogP contribution in [0.5, 0.6) is 0 Å². The fourth-order valence-electron chi connectivity index (χ4n) is 2.65. The Kier molecular flexibility index (Phi) is 1.78. The van der Waals surface area contributed by atoms with E-state index in [2.05, 4.69) is 25.5 Å². The lowest BCUT2D eigenvalue weighted by Crippen LogP contribution is -2.22. The summed E-state index contributed by atoms with van der Waals surface area (Å²) in [7, 11) is 0. The molecule has 0 aromatic heterocycles. The van der Waals surface area contributed by atoms with Crippen LogP contribution in [0.15, 0.2) is 12.2 Å². The van der Waals surface area contributed by atoms with E-state index in [1.165, 1.54) is 32.1 Å². The van der Waals surface area contributed by atoms with E-state index in [1.54, 1.807) is 0 Å². The van der Waals surface area contributed by atoms with Gasteiger partial charge in [0.15, 0.2) is 0 Å². The van der Waals surface area contributed by atoms with Crippen LogP contribution in [0.4, 0.5) is 0 Å². The van der Waals surface area contributed by atoms with Crippen molar-refractivity contribution < 1.29 is 0 Å². The van der Waals surface area contributed by atoms with E-state index in [1.807, 2.05) is 0 Å². The van der Waals surface area contributed by atoms with Crippen LogP contribution >= 0.6 is 0 Å². The zero-order chi connectivity index (χ0) is 7.73. The largest absolute Gasteiger partial charge is 0.0877 e. The molecule has 0 nitrogen and oxygen atoms in total. The lowest BCUT2D eigenvalue weighted by Gasteiger charge is -2.32. The first kappa shape index (κ1) is 7.39. The topological polar surface area (TPSA) is 0 Å². The molecular weight excluding hydrogens is 132 g/mol. The van der Waals surface area contributed by atoms with E-state index in [4.69, 9.17) is 0 Å². The van der Waals surface area contributed by atoms with Gasteiger partial charge in [0.05, 0.1) is 0 Å². The fraction of sp³-hybridized carbons (Fsp3) is 0.727. The summed E-state index contributed by atoms with van der Waals surface area (Å²) in [5.41, 5.74) is 0.633. The molecule has 61 valence electrons. The second-order valence-corrected chi connectivity index (χ2v) is 4.23. The molecule has 1 unspecified atom stereocenters. The Labute approximate surface area is 69.7 Å². The van der Waals surface area contributed by atoms with Gasteiger partial charge in [-0.05, 0) is 37.0 Å². The average Bonchev–Trinajstić information content (AvgIpc) is 2.37. The van der Waals surface area contributed by atoms with Gasteiger partial charge >= 0.3 is 0 Å². The molecule has 2 aliphatic carbocycles. The Bertz CT molecular complexity index is 161. The predicted molar refractivity (Wildman–Crippen MR) is 48.1 cm³/mol. The van der Waals surface area contributed by atoms with Crippen LogP contribution in [0.3, 0.4) is 0 Å². The summed E-state index contributed by atoms with van der Waals surface area (Å²) in [6, 6.07) is 0. The highest BCUT2D eigenvalue weighted by molar-refractivity contribution is 5.11. The monoisotopic (exact) mass is 149 g/mol. The molecule has 1 saturated carbocycles. The summed E-state index contributed by atoms with van der Waals surface area (Å²) in [5.74, 6) is 0.724. The highest BCUT2D eigenvalue weighted by atomic mass is 14.4. The molecule has 2 rings (SSSR count). The number of allylic oxidation sites excluding steroid dienone is 2. The van der Waals surface area contributed by atoms with Crippen molar-refractivity contribution >= 4 is 0 Å². The molecule has 11 heavy (non-hydrogen) atoms. The maximum atomic E-state index is 2.58. The number of rotatable bonds is 0. The molecule has 0 aromatic rings. The van der Waals surface area contributed by atoms with Crippen LogP contribution in [0, 0.1) is 17.8 Å². The van der Waals surface area contributed by atoms with Gasteiger partial charge in [0, 0.05) is 0 Å². The molecule has 0 bridgehead atoms. The van der Waals surface area contributed by atoms with Crippen LogP contribution in [-0.4, -0.2) is 0 Å². The van der Waals surface area contributed by atoms with Crippen molar-refractivity contribution in [1.29, 1.82) is 0 Å². The second kappa shape index (κ2) is 2.66. The summed E-state index contributed by atoms with van der Waals surface area (Å²) >= 11 is 0. The molecular formula is C11H17. The van der Waals surface area contributed by atoms with Gasteiger partial charge in [-0.1, -0.05) is 31.9 Å². The van der Waals surface area contributed by atoms with Crippen molar-refractivity contribution in [3.8, 4) is 0 Å². The van der Waals surface area contributed by atoms with E-state index >= 15 is 0 Å². The Morgan fingerprint density at radius 3 is 2.64 bits per heavy atom. The van der Waals surface area contributed by atoms with Crippen molar-refractivity contribution in [3.05, 3.63) is 18.6 Å². The van der Waals surface area contributed by atoms with Crippen LogP contribution < -0.4 is 0 Å². The SMILES string of the molecule is CC1[CH]C2(CC=C1)CCCC2. The third-order valence-corrected chi connectivity index (χ3v) is 3.18. The predicted octanol–water partition coefficient (Wildman–Crippen LogP) is 3.35. The molecule has 0 N–H and O–H groups in total. The summed E-state index contributed by atoms with van der Waals surface area (Å²) < 4.78 is 0. The molecule has 0 aliphatic heterocycles. The van der Waals surface area contributed by atoms with Crippen molar-refractivity contribution in [1.82, 2.24) is 0 Å². The lowest BCUT2D eigenvalue weighted by atomic mass is 9.72. The van der Waals surface area contributed by atoms with Crippen LogP contribution in [0.25, 0.3) is 0 Å². The smallest absolute Gasteiger partial charge is 0.0225 e. The molecule has 0 heterocycles. The van der Waals surface area contributed by atoms with Gasteiger partial charge in [0.1, 0.15) is 0 Å². The Hall–Kier alpha value is -0.260. The van der Waals surface area contributed by atoms with Gasteiger partial charge in [0.2, 0.25) is 0 Å². The van der Waals surface area contributed by atoms with Crippen LogP contribution in [-0.2, 0) is 0 Å². The summed E-state index contributed by atoms with van der Waals surface area (Å²) in [5, 5.41) is 0. The minimum Gasteiger partial charge on any atom is -0.0877 e. The van der Waals surface area contributed by atoms with E-state index < -0.39 is 0 Å². The minimum absolute atomic E-state index is 0.633. The Morgan fingerprint density at radius 1 is 1.27 bits per heavy atom. The highest BCUT2D eigenvalue weighted by Crippen LogP contribution is 2.47. The average molecular weight is 149 g/mol. The molecule has 0 amide bonds. The first-order valence-electron chi connectivity index (χ1n) is 4.83. The fourth-order valence-corrected chi connectivity index (χ4v) is 2.65. The van der Waals surface area contributed by atoms with Gasteiger partial charge in [-0.2, -0.15) is 0 Å². The van der Waals surface area contributed by atoms with E-state index in [0.717, 1.165) is 5.92 Å². The molecule has 1 radical (unpaired) electrons. The van der Waals surface area contributed by atoms with Crippen molar-refractivity contribution in [3.63, 3.8) is 0 Å². The maximum absolute atomic E-state index is 2.58. The van der Waals surface area contributed by atoms with Gasteiger partial charge in [-0.25, -0.2) is 0 Å². The lowest BCUT2D eigenvalue weighted by molar-refractivity contribution is 0.327. The van der Waals surface area contributed by atoms with Crippen molar-refractivity contribution in [2.45, 2.75) is 39.0 Å². The van der Waals surface area contributed by atoms with E-state index in [9.17, 15) is 0 Å². The first-order chi connectivity index (χ1) is 5.31.